The third-order valence-electron chi connectivity index (χ3n) is 2.41. The van der Waals surface area contributed by atoms with Crippen LogP contribution in [0.5, 0.6) is 0 Å². The van der Waals surface area contributed by atoms with Crippen molar-refractivity contribution in [2.75, 3.05) is 5.73 Å². The van der Waals surface area contributed by atoms with Gasteiger partial charge in [-0.2, -0.15) is 5.10 Å². The highest BCUT2D eigenvalue weighted by Gasteiger charge is 2.06. The van der Waals surface area contributed by atoms with Crippen molar-refractivity contribution in [1.29, 1.82) is 0 Å². The zero-order valence-electron chi connectivity index (χ0n) is 9.15. The Kier molecular flexibility index (Phi) is 2.90. The quantitative estimate of drug-likeness (QED) is 0.806. The number of aromatic nitrogens is 2. The Labute approximate surface area is 93.7 Å². The molecular weight excluding hydrogens is 205 g/mol. The van der Waals surface area contributed by atoms with E-state index < -0.39 is 0 Å². The molecule has 1 aromatic carbocycles. The molecule has 0 spiro atoms. The fourth-order valence-electron chi connectivity index (χ4n) is 1.63. The molecule has 0 radical (unpaired) electrons. The maximum Gasteiger partial charge on any atom is 0.123 e. The van der Waals surface area contributed by atoms with Crippen LogP contribution >= 0.6 is 0 Å². The summed E-state index contributed by atoms with van der Waals surface area (Å²) in [4.78, 5) is 0. The summed E-state index contributed by atoms with van der Waals surface area (Å²) in [6.45, 7) is 2.94. The van der Waals surface area contributed by atoms with Crippen molar-refractivity contribution in [1.82, 2.24) is 9.78 Å². The van der Waals surface area contributed by atoms with E-state index in [0.29, 0.717) is 11.3 Å². The average Bonchev–Trinajstić information content (AvgIpc) is 2.71. The Balaban J connectivity index is 2.38. The molecule has 2 rings (SSSR count). The highest BCUT2D eigenvalue weighted by Crippen LogP contribution is 2.26. The first kappa shape index (κ1) is 10.7. The molecule has 2 N–H and O–H groups in total. The number of hydrogen-bond donors (Lipinski definition) is 1. The van der Waals surface area contributed by atoms with E-state index in [1.54, 1.807) is 12.3 Å². The van der Waals surface area contributed by atoms with Gasteiger partial charge in [0.25, 0.3) is 0 Å². The maximum absolute atomic E-state index is 13.1. The lowest BCUT2D eigenvalue weighted by Crippen LogP contribution is -1.95. The van der Waals surface area contributed by atoms with Gasteiger partial charge in [0.15, 0.2) is 0 Å². The third kappa shape index (κ3) is 2.05. The van der Waals surface area contributed by atoms with Crippen LogP contribution in [0.3, 0.4) is 0 Å². The minimum Gasteiger partial charge on any atom is -0.398 e. The Hall–Kier alpha value is -1.84. The van der Waals surface area contributed by atoms with Gasteiger partial charge in [0.05, 0.1) is 6.20 Å². The molecule has 0 aliphatic carbocycles. The van der Waals surface area contributed by atoms with Gasteiger partial charge in [-0.25, -0.2) is 4.39 Å². The number of aryl methyl sites for hydroxylation is 1. The van der Waals surface area contributed by atoms with E-state index in [1.165, 1.54) is 12.1 Å². The zero-order valence-corrected chi connectivity index (χ0v) is 9.15. The minimum atomic E-state index is -0.285. The molecule has 0 amide bonds. The van der Waals surface area contributed by atoms with Gasteiger partial charge in [0.2, 0.25) is 0 Å². The molecule has 2 aromatic rings. The van der Waals surface area contributed by atoms with E-state index in [1.807, 2.05) is 10.9 Å². The van der Waals surface area contributed by atoms with Crippen molar-refractivity contribution in [3.63, 3.8) is 0 Å². The zero-order chi connectivity index (χ0) is 11.5. The number of hydrogen-bond acceptors (Lipinski definition) is 2. The van der Waals surface area contributed by atoms with Crippen LogP contribution < -0.4 is 5.73 Å². The molecule has 84 valence electrons. The van der Waals surface area contributed by atoms with Crippen LogP contribution in [0.2, 0.25) is 0 Å². The van der Waals surface area contributed by atoms with Crippen molar-refractivity contribution in [2.24, 2.45) is 0 Å². The highest BCUT2D eigenvalue weighted by atomic mass is 19.1. The maximum atomic E-state index is 13.1. The first-order valence-corrected chi connectivity index (χ1v) is 5.28. The Bertz CT molecular complexity index is 491. The van der Waals surface area contributed by atoms with Crippen LogP contribution in [0.25, 0.3) is 11.1 Å². The summed E-state index contributed by atoms with van der Waals surface area (Å²) in [5, 5.41) is 4.19. The number of nitrogens with zero attached hydrogens (tertiary/aromatic N) is 2. The van der Waals surface area contributed by atoms with Gasteiger partial charge in [-0.3, -0.25) is 4.68 Å². The molecule has 0 aliphatic heterocycles. The summed E-state index contributed by atoms with van der Waals surface area (Å²) >= 11 is 0. The fraction of sp³-hybridized carbons (Fsp3) is 0.250. The molecule has 0 fully saturated rings. The lowest BCUT2D eigenvalue weighted by molar-refractivity contribution is 0.603. The summed E-state index contributed by atoms with van der Waals surface area (Å²) in [5.74, 6) is -0.285. The lowest BCUT2D eigenvalue weighted by Gasteiger charge is -2.02. The molecule has 1 aromatic heterocycles. The molecule has 4 heteroatoms. The first-order valence-electron chi connectivity index (χ1n) is 5.28. The molecule has 0 saturated heterocycles. The minimum absolute atomic E-state index is 0.285. The molecule has 1 heterocycles. The van der Waals surface area contributed by atoms with Crippen molar-refractivity contribution in [3.8, 4) is 11.1 Å². The smallest absolute Gasteiger partial charge is 0.123 e. The normalized spacial score (nSPS) is 10.6. The summed E-state index contributed by atoms with van der Waals surface area (Å²) < 4.78 is 14.9. The summed E-state index contributed by atoms with van der Waals surface area (Å²) in [7, 11) is 0. The van der Waals surface area contributed by atoms with Gasteiger partial charge in [0, 0.05) is 29.6 Å². The van der Waals surface area contributed by atoms with Crippen LogP contribution in [0.4, 0.5) is 10.1 Å². The summed E-state index contributed by atoms with van der Waals surface area (Å²) in [5.41, 5.74) is 7.92. The number of nitrogens with two attached hydrogens (primary N) is 1. The molecular formula is C12H14FN3. The van der Waals surface area contributed by atoms with Gasteiger partial charge in [-0.1, -0.05) is 6.92 Å². The third-order valence-corrected chi connectivity index (χ3v) is 2.41. The predicted octanol–water partition coefficient (Wildman–Crippen LogP) is 2.68. The number of anilines is 1. The molecule has 0 saturated carbocycles. The topological polar surface area (TPSA) is 43.8 Å². The predicted molar refractivity (Wildman–Crippen MR) is 62.3 cm³/mol. The van der Waals surface area contributed by atoms with E-state index in [0.717, 1.165) is 18.5 Å². The van der Waals surface area contributed by atoms with Crippen LogP contribution in [0.15, 0.2) is 30.6 Å². The fourth-order valence-corrected chi connectivity index (χ4v) is 1.63. The molecule has 0 unspecified atom stereocenters. The van der Waals surface area contributed by atoms with Gasteiger partial charge < -0.3 is 5.73 Å². The summed E-state index contributed by atoms with van der Waals surface area (Å²) in [6.07, 6.45) is 4.61. The van der Waals surface area contributed by atoms with Gasteiger partial charge in [-0.15, -0.1) is 0 Å². The largest absolute Gasteiger partial charge is 0.398 e. The molecule has 0 aliphatic rings. The van der Waals surface area contributed by atoms with Crippen LogP contribution in [0.1, 0.15) is 13.3 Å². The van der Waals surface area contributed by atoms with Crippen molar-refractivity contribution >= 4 is 5.69 Å². The Morgan fingerprint density at radius 2 is 2.25 bits per heavy atom. The van der Waals surface area contributed by atoms with E-state index in [-0.39, 0.29) is 5.82 Å². The molecule has 0 atom stereocenters. The van der Waals surface area contributed by atoms with Crippen LogP contribution in [-0.4, -0.2) is 9.78 Å². The van der Waals surface area contributed by atoms with Crippen LogP contribution in [0, 0.1) is 5.82 Å². The SMILES string of the molecule is CCCn1cc(-c2cc(F)ccc2N)cn1. The highest BCUT2D eigenvalue weighted by molar-refractivity contribution is 5.75. The standard InChI is InChI=1S/C12H14FN3/c1-2-5-16-8-9(7-15-16)11-6-10(13)3-4-12(11)14/h3-4,6-8H,2,5,14H2,1H3. The van der Waals surface area contributed by atoms with Crippen LogP contribution in [-0.2, 0) is 6.54 Å². The van der Waals surface area contributed by atoms with E-state index in [4.69, 9.17) is 5.73 Å². The van der Waals surface area contributed by atoms with Crippen molar-refractivity contribution in [3.05, 3.63) is 36.4 Å². The van der Waals surface area contributed by atoms with Crippen molar-refractivity contribution in [2.45, 2.75) is 19.9 Å². The number of benzene rings is 1. The first-order chi connectivity index (χ1) is 7.70. The number of halogens is 1. The second-order valence-electron chi connectivity index (χ2n) is 3.72. The van der Waals surface area contributed by atoms with E-state index in [9.17, 15) is 4.39 Å². The van der Waals surface area contributed by atoms with E-state index in [2.05, 4.69) is 12.0 Å². The Morgan fingerprint density at radius 3 is 3.00 bits per heavy atom. The van der Waals surface area contributed by atoms with E-state index >= 15 is 0 Å². The average molecular weight is 219 g/mol. The second kappa shape index (κ2) is 4.35. The molecule has 3 nitrogen and oxygen atoms in total. The van der Waals surface area contributed by atoms with Gasteiger partial charge in [-0.05, 0) is 24.6 Å². The van der Waals surface area contributed by atoms with Crippen molar-refractivity contribution < 1.29 is 4.39 Å². The number of nitrogen functional groups attached to an aromatic ring is 1. The second-order valence-corrected chi connectivity index (χ2v) is 3.72. The van der Waals surface area contributed by atoms with Gasteiger partial charge in [0.1, 0.15) is 5.82 Å². The number of rotatable bonds is 3. The molecule has 16 heavy (non-hydrogen) atoms. The molecule has 0 bridgehead atoms. The van der Waals surface area contributed by atoms with Gasteiger partial charge >= 0.3 is 0 Å². The Morgan fingerprint density at radius 1 is 1.44 bits per heavy atom. The monoisotopic (exact) mass is 219 g/mol. The summed E-state index contributed by atoms with van der Waals surface area (Å²) in [6, 6.07) is 4.36. The lowest BCUT2D eigenvalue weighted by atomic mass is 10.1.